The van der Waals surface area contributed by atoms with Crippen molar-refractivity contribution in [2.75, 3.05) is 7.05 Å². The molecule has 0 saturated heterocycles. The molecule has 0 bridgehead atoms. The van der Waals surface area contributed by atoms with Crippen LogP contribution in [0.4, 0.5) is 0 Å². The van der Waals surface area contributed by atoms with Gasteiger partial charge >= 0.3 is 5.69 Å². The Kier molecular flexibility index (Phi) is 3.59. The van der Waals surface area contributed by atoms with Crippen LogP contribution in [0.1, 0.15) is 5.56 Å². The second-order valence-corrected chi connectivity index (χ2v) is 7.08. The van der Waals surface area contributed by atoms with E-state index in [0.717, 1.165) is 5.56 Å². The van der Waals surface area contributed by atoms with Gasteiger partial charge in [0, 0.05) is 13.6 Å². The van der Waals surface area contributed by atoms with E-state index in [1.165, 1.54) is 23.5 Å². The van der Waals surface area contributed by atoms with E-state index in [1.807, 2.05) is 30.3 Å². The van der Waals surface area contributed by atoms with E-state index in [9.17, 15) is 13.2 Å². The summed E-state index contributed by atoms with van der Waals surface area (Å²) in [5.41, 5.74) is 1.60. The summed E-state index contributed by atoms with van der Waals surface area (Å²) in [4.78, 5) is 16.6. The van der Waals surface area contributed by atoms with Crippen LogP contribution >= 0.6 is 0 Å². The largest absolute Gasteiger partial charge is 0.323 e. The minimum absolute atomic E-state index is 0.147. The van der Waals surface area contributed by atoms with Gasteiger partial charge in [0.2, 0.25) is 10.0 Å². The molecule has 7 heteroatoms. The van der Waals surface area contributed by atoms with Crippen LogP contribution < -0.4 is 5.69 Å². The van der Waals surface area contributed by atoms with Gasteiger partial charge in [-0.1, -0.05) is 30.3 Å². The first-order chi connectivity index (χ1) is 10.5. The fourth-order valence-corrected chi connectivity index (χ4v) is 3.46. The van der Waals surface area contributed by atoms with Crippen LogP contribution in [-0.2, 0) is 16.6 Å². The Morgan fingerprint density at radius 2 is 1.68 bits per heavy atom. The lowest BCUT2D eigenvalue weighted by Gasteiger charge is -2.17. The number of H-pyrrole nitrogens is 2. The van der Waals surface area contributed by atoms with Gasteiger partial charge in [0.25, 0.3) is 0 Å². The van der Waals surface area contributed by atoms with Gasteiger partial charge in [-0.2, -0.15) is 4.31 Å². The molecule has 0 aliphatic heterocycles. The second kappa shape index (κ2) is 5.43. The lowest BCUT2D eigenvalue weighted by molar-refractivity contribution is 0.467. The normalized spacial score (nSPS) is 12.1. The Balaban J connectivity index is 1.94. The molecular formula is C15H15N3O3S. The molecule has 2 aromatic carbocycles. The Labute approximate surface area is 127 Å². The maximum atomic E-state index is 12.6. The SMILES string of the molecule is CN(Cc1ccccc1)S(=O)(=O)c1ccc2[nH]c(=O)[nH]c2c1. The Morgan fingerprint density at radius 1 is 1.00 bits per heavy atom. The second-order valence-electron chi connectivity index (χ2n) is 5.03. The zero-order valence-corrected chi connectivity index (χ0v) is 12.7. The molecule has 0 amide bonds. The molecule has 0 atom stereocenters. The first-order valence-corrected chi connectivity index (χ1v) is 8.13. The standard InChI is InChI=1S/C15H15N3O3S/c1-18(10-11-5-3-2-4-6-11)22(20,21)12-7-8-13-14(9-12)17-15(19)16-13/h2-9H,10H2,1H3,(H2,16,17,19). The first kappa shape index (κ1) is 14.6. The summed E-state index contributed by atoms with van der Waals surface area (Å²) in [6, 6.07) is 13.9. The van der Waals surface area contributed by atoms with Crippen molar-refractivity contribution in [1.82, 2.24) is 14.3 Å². The van der Waals surface area contributed by atoms with Crippen LogP contribution in [0.25, 0.3) is 11.0 Å². The minimum atomic E-state index is -3.62. The molecule has 0 radical (unpaired) electrons. The fourth-order valence-electron chi connectivity index (χ4n) is 2.28. The van der Waals surface area contributed by atoms with Gasteiger partial charge in [0.05, 0.1) is 15.9 Å². The molecule has 6 nitrogen and oxygen atoms in total. The number of benzene rings is 2. The number of hydrogen-bond donors (Lipinski definition) is 2. The van der Waals surface area contributed by atoms with Crippen molar-refractivity contribution in [1.29, 1.82) is 0 Å². The number of rotatable bonds is 4. The minimum Gasteiger partial charge on any atom is -0.306 e. The molecule has 3 aromatic rings. The van der Waals surface area contributed by atoms with Crippen molar-refractivity contribution in [2.24, 2.45) is 0 Å². The molecule has 0 fully saturated rings. The number of hydrogen-bond acceptors (Lipinski definition) is 3. The van der Waals surface area contributed by atoms with Gasteiger partial charge in [0.15, 0.2) is 0 Å². The first-order valence-electron chi connectivity index (χ1n) is 6.69. The van der Waals surface area contributed by atoms with Crippen LogP contribution in [-0.4, -0.2) is 29.7 Å². The van der Waals surface area contributed by atoms with Gasteiger partial charge in [-0.05, 0) is 23.8 Å². The third-order valence-electron chi connectivity index (χ3n) is 3.44. The van der Waals surface area contributed by atoms with Crippen molar-refractivity contribution in [2.45, 2.75) is 11.4 Å². The van der Waals surface area contributed by atoms with Crippen LogP contribution in [0.5, 0.6) is 0 Å². The molecule has 114 valence electrons. The molecular weight excluding hydrogens is 302 g/mol. The lowest BCUT2D eigenvalue weighted by Crippen LogP contribution is -2.26. The van der Waals surface area contributed by atoms with E-state index >= 15 is 0 Å². The fraction of sp³-hybridized carbons (Fsp3) is 0.133. The summed E-state index contributed by atoms with van der Waals surface area (Å²) in [6.45, 7) is 0.283. The number of aromatic amines is 2. The predicted molar refractivity (Wildman–Crippen MR) is 84.0 cm³/mol. The summed E-state index contributed by atoms with van der Waals surface area (Å²) < 4.78 is 26.5. The summed E-state index contributed by atoms with van der Waals surface area (Å²) >= 11 is 0. The summed E-state index contributed by atoms with van der Waals surface area (Å²) in [6.07, 6.45) is 0. The molecule has 3 rings (SSSR count). The molecule has 1 heterocycles. The van der Waals surface area contributed by atoms with E-state index in [4.69, 9.17) is 0 Å². The molecule has 1 aromatic heterocycles. The van der Waals surface area contributed by atoms with E-state index in [-0.39, 0.29) is 17.1 Å². The van der Waals surface area contributed by atoms with Gasteiger partial charge < -0.3 is 9.97 Å². The van der Waals surface area contributed by atoms with Crippen molar-refractivity contribution >= 4 is 21.1 Å². The Morgan fingerprint density at radius 3 is 2.41 bits per heavy atom. The smallest absolute Gasteiger partial charge is 0.306 e. The number of aromatic nitrogens is 2. The molecule has 0 unspecified atom stereocenters. The maximum Gasteiger partial charge on any atom is 0.323 e. The number of nitrogens with one attached hydrogen (secondary N) is 2. The highest BCUT2D eigenvalue weighted by Gasteiger charge is 2.21. The quantitative estimate of drug-likeness (QED) is 0.767. The lowest BCUT2D eigenvalue weighted by atomic mass is 10.2. The van der Waals surface area contributed by atoms with Gasteiger partial charge in [0.1, 0.15) is 0 Å². The number of imidazole rings is 1. The van der Waals surface area contributed by atoms with E-state index in [2.05, 4.69) is 9.97 Å². The molecule has 0 saturated carbocycles. The molecule has 2 N–H and O–H groups in total. The predicted octanol–water partition coefficient (Wildman–Crippen LogP) is 1.68. The zero-order valence-electron chi connectivity index (χ0n) is 11.9. The van der Waals surface area contributed by atoms with Crippen LogP contribution in [0.15, 0.2) is 58.2 Å². The van der Waals surface area contributed by atoms with Gasteiger partial charge in [-0.15, -0.1) is 0 Å². The van der Waals surface area contributed by atoms with E-state index in [1.54, 1.807) is 6.07 Å². The van der Waals surface area contributed by atoms with E-state index in [0.29, 0.717) is 11.0 Å². The molecule has 22 heavy (non-hydrogen) atoms. The van der Waals surface area contributed by atoms with Crippen LogP contribution in [0.2, 0.25) is 0 Å². The van der Waals surface area contributed by atoms with Crippen molar-refractivity contribution in [3.05, 3.63) is 64.6 Å². The highest BCUT2D eigenvalue weighted by molar-refractivity contribution is 7.89. The average Bonchev–Trinajstić information content (AvgIpc) is 2.87. The van der Waals surface area contributed by atoms with Crippen molar-refractivity contribution < 1.29 is 8.42 Å². The average molecular weight is 317 g/mol. The third kappa shape index (κ3) is 2.68. The summed E-state index contributed by atoms with van der Waals surface area (Å²) in [5.74, 6) is 0. The maximum absolute atomic E-state index is 12.6. The third-order valence-corrected chi connectivity index (χ3v) is 5.24. The van der Waals surface area contributed by atoms with E-state index < -0.39 is 10.0 Å². The summed E-state index contributed by atoms with van der Waals surface area (Å²) in [7, 11) is -2.09. The number of sulfonamides is 1. The Bertz CT molecular complexity index is 958. The van der Waals surface area contributed by atoms with Crippen molar-refractivity contribution in [3.8, 4) is 0 Å². The van der Waals surface area contributed by atoms with Gasteiger partial charge in [-0.25, -0.2) is 13.2 Å². The number of nitrogens with zero attached hydrogens (tertiary/aromatic N) is 1. The zero-order chi connectivity index (χ0) is 15.7. The molecule has 0 aliphatic rings. The van der Waals surface area contributed by atoms with Gasteiger partial charge in [-0.3, -0.25) is 0 Å². The van der Waals surface area contributed by atoms with Crippen LogP contribution in [0, 0.1) is 0 Å². The van der Waals surface area contributed by atoms with Crippen molar-refractivity contribution in [3.63, 3.8) is 0 Å². The summed E-state index contributed by atoms with van der Waals surface area (Å²) in [5, 5.41) is 0. The monoisotopic (exact) mass is 317 g/mol. The van der Waals surface area contributed by atoms with Crippen LogP contribution in [0.3, 0.4) is 0 Å². The molecule has 0 spiro atoms. The number of fused-ring (bicyclic) bond motifs is 1. The highest BCUT2D eigenvalue weighted by atomic mass is 32.2. The highest BCUT2D eigenvalue weighted by Crippen LogP contribution is 2.19. The Hall–Kier alpha value is -2.38. The molecule has 0 aliphatic carbocycles. The topological polar surface area (TPSA) is 86.0 Å².